The van der Waals surface area contributed by atoms with Gasteiger partial charge in [0.05, 0.1) is 17.2 Å². The molecule has 268 valence electrons. The summed E-state index contributed by atoms with van der Waals surface area (Å²) in [5, 5.41) is 24.4. The fraction of sp³-hybridized carbons (Fsp3) is 0.282. The van der Waals surface area contributed by atoms with E-state index in [-0.39, 0.29) is 35.2 Å². The van der Waals surface area contributed by atoms with Crippen LogP contribution in [0.25, 0.3) is 39.0 Å². The topological polar surface area (TPSA) is 146 Å². The van der Waals surface area contributed by atoms with Crippen LogP contribution in [-0.4, -0.2) is 58.6 Å². The van der Waals surface area contributed by atoms with E-state index in [0.717, 1.165) is 24.0 Å². The van der Waals surface area contributed by atoms with Gasteiger partial charge in [0.25, 0.3) is 5.56 Å². The number of hydrogen-bond donors (Lipinski definition) is 5. The molecule has 11 nitrogen and oxygen atoms in total. The van der Waals surface area contributed by atoms with Crippen molar-refractivity contribution in [2.75, 3.05) is 20.2 Å². The Morgan fingerprint density at radius 2 is 1.42 bits per heavy atom. The van der Waals surface area contributed by atoms with Crippen molar-refractivity contribution in [3.63, 3.8) is 0 Å². The van der Waals surface area contributed by atoms with Gasteiger partial charge in [-0.2, -0.15) is 0 Å². The van der Waals surface area contributed by atoms with Crippen LogP contribution in [0.3, 0.4) is 0 Å². The predicted molar refractivity (Wildman–Crippen MR) is 202 cm³/mol. The molecule has 0 unspecified atom stereocenters. The first kappa shape index (κ1) is 35.5. The smallest absolute Gasteiger partial charge is 0.262 e. The summed E-state index contributed by atoms with van der Waals surface area (Å²) in [5.74, 6) is 0.677. The molecule has 2 aliphatic heterocycles. The molecule has 2 amide bonds. The zero-order valence-corrected chi connectivity index (χ0v) is 30.0. The number of phenols is 1. The number of nitrogens with zero attached hydrogens (tertiary/aromatic N) is 2. The number of benzene rings is 3. The summed E-state index contributed by atoms with van der Waals surface area (Å²) >= 11 is 14.2. The van der Waals surface area contributed by atoms with Gasteiger partial charge in [-0.1, -0.05) is 59.6 Å². The fourth-order valence-corrected chi connectivity index (χ4v) is 7.56. The van der Waals surface area contributed by atoms with Gasteiger partial charge < -0.3 is 31.1 Å². The first-order valence-corrected chi connectivity index (χ1v) is 17.9. The highest BCUT2D eigenvalue weighted by Gasteiger charge is 2.23. The summed E-state index contributed by atoms with van der Waals surface area (Å²) in [4.78, 5) is 40.8. The number of amides is 2. The minimum Gasteiger partial charge on any atom is -0.507 e. The van der Waals surface area contributed by atoms with E-state index in [0.29, 0.717) is 93.8 Å². The Labute approximate surface area is 310 Å². The van der Waals surface area contributed by atoms with Gasteiger partial charge in [-0.15, -0.1) is 0 Å². The zero-order valence-electron chi connectivity index (χ0n) is 28.5. The van der Waals surface area contributed by atoms with Crippen LogP contribution < -0.4 is 31.6 Å². The van der Waals surface area contributed by atoms with E-state index in [1.165, 1.54) is 4.40 Å². The molecule has 5 aromatic rings. The number of pyridine rings is 1. The Kier molecular flexibility index (Phi) is 10.5. The van der Waals surface area contributed by atoms with Crippen molar-refractivity contribution in [1.29, 1.82) is 0 Å². The van der Waals surface area contributed by atoms with Crippen molar-refractivity contribution in [1.82, 2.24) is 30.7 Å². The van der Waals surface area contributed by atoms with Gasteiger partial charge in [-0.05, 0) is 48.2 Å². The number of methoxy groups -OCH3 is 1. The van der Waals surface area contributed by atoms with Crippen LogP contribution in [0.2, 0.25) is 10.0 Å². The van der Waals surface area contributed by atoms with Crippen molar-refractivity contribution in [3.8, 4) is 44.9 Å². The van der Waals surface area contributed by atoms with Crippen LogP contribution >= 0.6 is 23.2 Å². The van der Waals surface area contributed by atoms with E-state index in [2.05, 4.69) is 26.3 Å². The number of carbonyl (C=O) groups excluding carboxylic acids is 2. The number of aromatic nitrogens is 2. The summed E-state index contributed by atoms with van der Waals surface area (Å²) in [6, 6.07) is 18.7. The SMILES string of the molecule is COc1cc(-c2cccc(-c3cccc(-c4ccn5c(=O)c(CNC[C@@H]6CCC(=O)N6)cnc5c4)c3Cl)c2Cl)cc(O)c1CNC[C@@H]1CCC(=O)N1. The molecular formula is C39H38Cl2N6O5. The lowest BCUT2D eigenvalue weighted by Crippen LogP contribution is -2.36. The molecule has 13 heteroatoms. The molecule has 7 rings (SSSR count). The third-order valence-electron chi connectivity index (χ3n) is 9.66. The number of carbonyl (C=O) groups is 2. The van der Waals surface area contributed by atoms with Gasteiger partial charge in [0.1, 0.15) is 17.1 Å². The normalized spacial score (nSPS) is 17.1. The largest absolute Gasteiger partial charge is 0.507 e. The summed E-state index contributed by atoms with van der Waals surface area (Å²) in [6.45, 7) is 1.87. The highest BCUT2D eigenvalue weighted by molar-refractivity contribution is 6.39. The first-order valence-electron chi connectivity index (χ1n) is 17.2. The second kappa shape index (κ2) is 15.3. The average molecular weight is 742 g/mol. The number of rotatable bonds is 12. The molecule has 4 heterocycles. The molecule has 2 aliphatic rings. The van der Waals surface area contributed by atoms with Crippen molar-refractivity contribution in [2.24, 2.45) is 0 Å². The lowest BCUT2D eigenvalue weighted by atomic mass is 9.95. The van der Waals surface area contributed by atoms with E-state index in [9.17, 15) is 19.5 Å². The number of fused-ring (bicyclic) bond motifs is 1. The van der Waals surface area contributed by atoms with E-state index in [1.54, 1.807) is 25.6 Å². The maximum Gasteiger partial charge on any atom is 0.262 e. The summed E-state index contributed by atoms with van der Waals surface area (Å²) in [5.41, 5.74) is 5.75. The van der Waals surface area contributed by atoms with E-state index >= 15 is 0 Å². The van der Waals surface area contributed by atoms with Gasteiger partial charge in [0.15, 0.2) is 0 Å². The van der Waals surface area contributed by atoms with Crippen molar-refractivity contribution in [3.05, 3.63) is 105 Å². The Morgan fingerprint density at radius 3 is 2.02 bits per heavy atom. The molecule has 2 aromatic heterocycles. The monoisotopic (exact) mass is 740 g/mol. The van der Waals surface area contributed by atoms with Gasteiger partial charge >= 0.3 is 0 Å². The number of halogens is 2. The van der Waals surface area contributed by atoms with Crippen LogP contribution in [0.1, 0.15) is 36.8 Å². The summed E-state index contributed by atoms with van der Waals surface area (Å²) in [6.07, 6.45) is 5.89. The molecule has 3 aromatic carbocycles. The van der Waals surface area contributed by atoms with Crippen LogP contribution in [0.5, 0.6) is 11.5 Å². The van der Waals surface area contributed by atoms with E-state index < -0.39 is 0 Å². The molecule has 0 aliphatic carbocycles. The van der Waals surface area contributed by atoms with Crippen molar-refractivity contribution in [2.45, 2.75) is 50.9 Å². The number of hydrogen-bond acceptors (Lipinski definition) is 8. The molecule has 52 heavy (non-hydrogen) atoms. The Balaban J connectivity index is 1.12. The molecule has 2 fully saturated rings. The molecule has 0 saturated carbocycles. The minimum absolute atomic E-state index is 0.0550. The van der Waals surface area contributed by atoms with E-state index in [1.807, 2.05) is 54.6 Å². The van der Waals surface area contributed by atoms with Gasteiger partial charge in [-0.3, -0.25) is 18.8 Å². The Bertz CT molecular complexity index is 2240. The Hall–Kier alpha value is -4.94. The van der Waals surface area contributed by atoms with Gasteiger partial charge in [-0.25, -0.2) is 4.98 Å². The molecule has 5 N–H and O–H groups in total. The molecule has 0 bridgehead atoms. The molecule has 0 radical (unpaired) electrons. The number of phenolic OH excluding ortho intramolecular Hbond substituents is 1. The molecular weight excluding hydrogens is 703 g/mol. The first-order chi connectivity index (χ1) is 25.2. The van der Waals surface area contributed by atoms with Gasteiger partial charge in [0, 0.05) is 96.9 Å². The maximum atomic E-state index is 13.3. The number of aromatic hydroxyl groups is 1. The highest BCUT2D eigenvalue weighted by Crippen LogP contribution is 2.44. The number of ether oxygens (including phenoxy) is 1. The highest BCUT2D eigenvalue weighted by atomic mass is 35.5. The standard InChI is InChI=1S/C39H38Cl2N6O5/c1-52-33-15-23(14-32(48)31(33)21-43-20-26-9-11-36(50)46-26)28-5-3-7-30(38(28)41)29-6-2-4-27(37(29)40)22-12-13-47-34(16-22)44-18-24(39(47)51)17-42-19-25-8-10-35(49)45-25/h2-7,12-16,18,25-26,42-43,48H,8-11,17,19-21H2,1H3,(H,45,49)(H,46,50)/t25-,26-/m0/s1. The van der Waals surface area contributed by atoms with Crippen molar-refractivity contribution < 1.29 is 19.4 Å². The number of nitrogens with one attached hydrogen (secondary N) is 4. The molecule has 0 spiro atoms. The van der Waals surface area contributed by atoms with E-state index in [4.69, 9.17) is 27.9 Å². The third-order valence-corrected chi connectivity index (χ3v) is 10.5. The van der Waals surface area contributed by atoms with Gasteiger partial charge in [0.2, 0.25) is 11.8 Å². The lowest BCUT2D eigenvalue weighted by molar-refractivity contribution is -0.120. The molecule has 2 atom stereocenters. The average Bonchev–Trinajstić information content (AvgIpc) is 3.76. The van der Waals surface area contributed by atoms with Crippen LogP contribution in [0.4, 0.5) is 0 Å². The quantitative estimate of drug-likeness (QED) is 0.114. The van der Waals surface area contributed by atoms with Crippen LogP contribution in [0, 0.1) is 0 Å². The van der Waals surface area contributed by atoms with Crippen LogP contribution in [-0.2, 0) is 22.7 Å². The molecule has 2 saturated heterocycles. The van der Waals surface area contributed by atoms with Crippen LogP contribution in [0.15, 0.2) is 77.9 Å². The summed E-state index contributed by atoms with van der Waals surface area (Å²) < 4.78 is 7.18. The third kappa shape index (κ3) is 7.35. The maximum absolute atomic E-state index is 13.3. The van der Waals surface area contributed by atoms with Crippen molar-refractivity contribution >= 4 is 40.7 Å². The minimum atomic E-state index is -0.172. The lowest BCUT2D eigenvalue weighted by Gasteiger charge is -2.17. The predicted octanol–water partition coefficient (Wildman–Crippen LogP) is 5.45. The second-order valence-corrected chi connectivity index (χ2v) is 13.9. The Morgan fingerprint density at radius 1 is 0.827 bits per heavy atom. The second-order valence-electron chi connectivity index (χ2n) is 13.1. The summed E-state index contributed by atoms with van der Waals surface area (Å²) in [7, 11) is 1.55. The zero-order chi connectivity index (χ0) is 36.4. The fourth-order valence-electron chi connectivity index (χ4n) is 6.89.